The highest BCUT2D eigenvalue weighted by Gasteiger charge is 2.18. The van der Waals surface area contributed by atoms with E-state index >= 15 is 0 Å². The van der Waals surface area contributed by atoms with Crippen LogP contribution in [0.2, 0.25) is 0 Å². The molecule has 1 aromatic rings. The molecule has 150 valence electrons. The van der Waals surface area contributed by atoms with Crippen LogP contribution in [0.15, 0.2) is 24.3 Å². The fourth-order valence-corrected chi connectivity index (χ4v) is 2.98. The van der Waals surface area contributed by atoms with Crippen LogP contribution in [0.5, 0.6) is 5.75 Å². The molecule has 0 aromatic heterocycles. The molecule has 0 spiro atoms. The number of unbranched alkanes of at least 4 members (excludes halogenated alkanes) is 1. The van der Waals surface area contributed by atoms with Gasteiger partial charge in [-0.1, -0.05) is 38.8 Å². The Morgan fingerprint density at radius 2 is 1.96 bits per heavy atom. The second-order valence-corrected chi connectivity index (χ2v) is 7.54. The zero-order valence-electron chi connectivity index (χ0n) is 17.3. The van der Waals surface area contributed by atoms with Gasteiger partial charge in [-0.25, -0.2) is 0 Å². The van der Waals surface area contributed by atoms with Gasteiger partial charge in [0, 0.05) is 11.5 Å². The molecular formula is C21H37NO4. The van der Waals surface area contributed by atoms with Crippen LogP contribution in [0.3, 0.4) is 0 Å². The van der Waals surface area contributed by atoms with Crippen molar-refractivity contribution in [1.82, 2.24) is 0 Å². The Hall–Kier alpha value is -1.59. The van der Waals surface area contributed by atoms with Crippen LogP contribution in [-0.4, -0.2) is 49.4 Å². The lowest BCUT2D eigenvalue weighted by molar-refractivity contribution is -0.906. The first-order valence-corrected chi connectivity index (χ1v) is 9.49. The maximum atomic E-state index is 10.3. The molecule has 0 fully saturated rings. The summed E-state index contributed by atoms with van der Waals surface area (Å²) in [6.45, 7) is 7.41. The summed E-state index contributed by atoms with van der Waals surface area (Å²) in [5, 5.41) is 19.8. The van der Waals surface area contributed by atoms with E-state index in [0.29, 0.717) is 6.42 Å². The van der Waals surface area contributed by atoms with Gasteiger partial charge in [0.2, 0.25) is 0 Å². The SMILES string of the molecule is CCCCC(CC)C(=O)[O-].COc1cccc(C[N+](C)(C)CC(C)O)c1. The van der Waals surface area contributed by atoms with Gasteiger partial charge in [0.25, 0.3) is 0 Å². The van der Waals surface area contributed by atoms with Gasteiger partial charge in [-0.15, -0.1) is 0 Å². The fraction of sp³-hybridized carbons (Fsp3) is 0.667. The van der Waals surface area contributed by atoms with E-state index in [4.69, 9.17) is 4.74 Å². The van der Waals surface area contributed by atoms with Crippen molar-refractivity contribution in [3.05, 3.63) is 29.8 Å². The van der Waals surface area contributed by atoms with Gasteiger partial charge in [0.05, 0.1) is 21.2 Å². The lowest BCUT2D eigenvalue weighted by Gasteiger charge is -2.31. The van der Waals surface area contributed by atoms with E-state index in [9.17, 15) is 15.0 Å². The number of quaternary nitrogens is 1. The monoisotopic (exact) mass is 367 g/mol. The molecule has 0 aliphatic heterocycles. The molecule has 0 amide bonds. The number of rotatable bonds is 10. The third-order valence-electron chi connectivity index (χ3n) is 4.24. The summed E-state index contributed by atoms with van der Waals surface area (Å²) in [4.78, 5) is 10.3. The number of methoxy groups -OCH3 is 1. The Labute approximate surface area is 159 Å². The number of benzene rings is 1. The number of aliphatic hydroxyl groups excluding tert-OH is 1. The van der Waals surface area contributed by atoms with Crippen molar-refractivity contribution in [2.75, 3.05) is 27.7 Å². The van der Waals surface area contributed by atoms with E-state index in [1.807, 2.05) is 32.0 Å². The van der Waals surface area contributed by atoms with E-state index < -0.39 is 5.97 Å². The molecule has 0 aliphatic rings. The number of aliphatic carboxylic acids is 1. The Morgan fingerprint density at radius 3 is 2.42 bits per heavy atom. The number of hydrogen-bond acceptors (Lipinski definition) is 4. The zero-order chi connectivity index (χ0) is 20.2. The van der Waals surface area contributed by atoms with Crippen molar-refractivity contribution >= 4 is 5.97 Å². The Balaban J connectivity index is 0.000000541. The van der Waals surface area contributed by atoms with Crippen molar-refractivity contribution in [1.29, 1.82) is 0 Å². The summed E-state index contributed by atoms with van der Waals surface area (Å²) in [6.07, 6.45) is 3.24. The molecular weight excluding hydrogens is 330 g/mol. The minimum Gasteiger partial charge on any atom is -0.550 e. The molecule has 1 aromatic carbocycles. The summed E-state index contributed by atoms with van der Waals surface area (Å²) in [5.41, 5.74) is 1.23. The van der Waals surface area contributed by atoms with Gasteiger partial charge in [-0.05, 0) is 37.8 Å². The van der Waals surface area contributed by atoms with Crippen LogP contribution in [0.25, 0.3) is 0 Å². The van der Waals surface area contributed by atoms with Crippen LogP contribution < -0.4 is 9.84 Å². The van der Waals surface area contributed by atoms with Crippen molar-refractivity contribution in [3.63, 3.8) is 0 Å². The molecule has 0 saturated heterocycles. The summed E-state index contributed by atoms with van der Waals surface area (Å²) in [7, 11) is 5.91. The number of carbonyl (C=O) groups is 1. The van der Waals surface area contributed by atoms with Gasteiger partial charge in [-0.3, -0.25) is 0 Å². The molecule has 26 heavy (non-hydrogen) atoms. The largest absolute Gasteiger partial charge is 0.550 e. The number of nitrogens with zero attached hydrogens (tertiary/aromatic N) is 1. The van der Waals surface area contributed by atoms with E-state index in [2.05, 4.69) is 27.1 Å². The molecule has 0 saturated carbocycles. The summed E-state index contributed by atoms with van der Waals surface area (Å²) in [6, 6.07) is 8.07. The molecule has 1 N–H and O–H groups in total. The van der Waals surface area contributed by atoms with Crippen LogP contribution in [0, 0.1) is 5.92 Å². The Kier molecular flexibility index (Phi) is 11.9. The smallest absolute Gasteiger partial charge is 0.119 e. The molecule has 2 atom stereocenters. The van der Waals surface area contributed by atoms with Gasteiger partial charge in [-0.2, -0.15) is 0 Å². The highest BCUT2D eigenvalue weighted by atomic mass is 16.5. The van der Waals surface area contributed by atoms with Crippen LogP contribution in [-0.2, 0) is 11.3 Å². The maximum absolute atomic E-state index is 10.3. The number of carboxylic acids is 1. The van der Waals surface area contributed by atoms with Crippen molar-refractivity contribution < 1.29 is 24.2 Å². The van der Waals surface area contributed by atoms with Gasteiger partial charge >= 0.3 is 0 Å². The minimum atomic E-state index is -0.893. The number of aliphatic hydroxyl groups is 1. The molecule has 0 aliphatic carbocycles. The number of carbonyl (C=O) groups excluding carboxylic acids is 1. The molecule has 1 rings (SSSR count). The van der Waals surface area contributed by atoms with Gasteiger partial charge in [0.1, 0.15) is 24.9 Å². The topological polar surface area (TPSA) is 69.6 Å². The number of likely N-dealkylation sites (N-methyl/N-ethyl adjacent to an activating group) is 1. The summed E-state index contributed by atoms with van der Waals surface area (Å²) in [5.74, 6) is -0.231. The minimum absolute atomic E-state index is 0.222. The number of carboxylic acid groups (broad SMARTS) is 1. The fourth-order valence-electron chi connectivity index (χ4n) is 2.98. The quantitative estimate of drug-likeness (QED) is 0.646. The molecule has 0 radical (unpaired) electrons. The normalized spacial score (nSPS) is 13.3. The third-order valence-corrected chi connectivity index (χ3v) is 4.24. The lowest BCUT2D eigenvalue weighted by atomic mass is 10.00. The van der Waals surface area contributed by atoms with Crippen LogP contribution >= 0.6 is 0 Å². The van der Waals surface area contributed by atoms with E-state index in [1.165, 1.54) is 5.56 Å². The number of hydrogen-bond donors (Lipinski definition) is 1. The molecule has 5 nitrogen and oxygen atoms in total. The summed E-state index contributed by atoms with van der Waals surface area (Å²) >= 11 is 0. The maximum Gasteiger partial charge on any atom is 0.119 e. The predicted octanol–water partition coefficient (Wildman–Crippen LogP) is 2.61. The standard InChI is InChI=1S/C13H22NO2.C8H16O2/c1-11(15)9-14(2,3)10-12-6-5-7-13(8-12)16-4;1-3-5-6-7(4-2)8(9)10/h5-8,11,15H,9-10H2,1-4H3;7H,3-6H2,1-2H3,(H,9,10)/q+1;/p-1. The first-order chi connectivity index (χ1) is 12.1. The van der Waals surface area contributed by atoms with Gasteiger partial charge < -0.3 is 24.2 Å². The van der Waals surface area contributed by atoms with Crippen molar-refractivity contribution in [2.24, 2.45) is 5.92 Å². The van der Waals surface area contributed by atoms with Crippen LogP contribution in [0.1, 0.15) is 52.0 Å². The van der Waals surface area contributed by atoms with E-state index in [-0.39, 0.29) is 12.0 Å². The molecule has 0 bridgehead atoms. The summed E-state index contributed by atoms with van der Waals surface area (Å²) < 4.78 is 5.96. The second-order valence-electron chi connectivity index (χ2n) is 7.54. The Bertz CT molecular complexity index is 514. The first kappa shape index (κ1) is 24.4. The highest BCUT2D eigenvalue weighted by molar-refractivity contribution is 5.67. The number of ether oxygens (including phenoxy) is 1. The first-order valence-electron chi connectivity index (χ1n) is 9.49. The van der Waals surface area contributed by atoms with E-state index in [1.54, 1.807) is 7.11 Å². The third kappa shape index (κ3) is 11.1. The zero-order valence-corrected chi connectivity index (χ0v) is 17.3. The van der Waals surface area contributed by atoms with Crippen LogP contribution in [0.4, 0.5) is 0 Å². The predicted molar refractivity (Wildman–Crippen MR) is 104 cm³/mol. The lowest BCUT2D eigenvalue weighted by Crippen LogP contribution is -2.43. The van der Waals surface area contributed by atoms with E-state index in [0.717, 1.165) is 42.6 Å². The van der Waals surface area contributed by atoms with Crippen molar-refractivity contribution in [3.8, 4) is 5.75 Å². The molecule has 2 unspecified atom stereocenters. The van der Waals surface area contributed by atoms with Crippen molar-refractivity contribution in [2.45, 2.75) is 59.1 Å². The van der Waals surface area contributed by atoms with Gasteiger partial charge in [0.15, 0.2) is 0 Å². The average molecular weight is 368 g/mol. The molecule has 0 heterocycles. The molecule has 5 heteroatoms. The highest BCUT2D eigenvalue weighted by Crippen LogP contribution is 2.16. The average Bonchev–Trinajstić information content (AvgIpc) is 2.54. The Morgan fingerprint density at radius 1 is 1.31 bits per heavy atom. The second kappa shape index (κ2) is 12.7.